The zero-order valence-electron chi connectivity index (χ0n) is 31.5. The zero-order chi connectivity index (χ0) is 38.3. The van der Waals surface area contributed by atoms with Crippen LogP contribution in [0.4, 0.5) is 0 Å². The molecule has 0 atom stereocenters. The van der Waals surface area contributed by atoms with Crippen LogP contribution in [0.15, 0.2) is 188 Å². The fourth-order valence-electron chi connectivity index (χ4n) is 9.04. The third kappa shape index (κ3) is 4.74. The van der Waals surface area contributed by atoms with Gasteiger partial charge in [0.15, 0.2) is 0 Å². The number of nitrogens with zero attached hydrogens (tertiary/aromatic N) is 6. The molecule has 0 spiro atoms. The summed E-state index contributed by atoms with van der Waals surface area (Å²) in [6.45, 7) is 0. The molecule has 0 radical (unpaired) electrons. The Hall–Kier alpha value is -7.90. The largest absolute Gasteiger partial charge is 0.458 e. The van der Waals surface area contributed by atoms with E-state index in [0.29, 0.717) is 0 Å². The molecule has 0 amide bonds. The van der Waals surface area contributed by atoms with Crippen LogP contribution in [0.25, 0.3) is 88.3 Å². The molecule has 0 saturated heterocycles. The Bertz CT molecular complexity index is 3540. The van der Waals surface area contributed by atoms with Crippen molar-refractivity contribution in [3.8, 4) is 34.4 Å². The Balaban J connectivity index is 1.14. The van der Waals surface area contributed by atoms with Crippen LogP contribution in [0.2, 0.25) is 0 Å². The molecule has 12 rings (SSSR count). The van der Waals surface area contributed by atoms with Crippen molar-refractivity contribution in [2.75, 3.05) is 0 Å². The number of hydrogen-bond donors (Lipinski definition) is 0. The molecular weight excluding hydrogens is 713 g/mol. The number of aromatic nitrogens is 6. The van der Waals surface area contributed by atoms with Gasteiger partial charge in [0.1, 0.15) is 17.3 Å². The van der Waals surface area contributed by atoms with Crippen LogP contribution in [0.1, 0.15) is 0 Å². The van der Waals surface area contributed by atoms with E-state index in [1.165, 1.54) is 43.5 Å². The summed E-state index contributed by atoms with van der Waals surface area (Å²) in [5.41, 5.74) is 9.95. The molecule has 7 nitrogen and oxygen atoms in total. The highest BCUT2D eigenvalue weighted by Gasteiger charge is 2.28. The van der Waals surface area contributed by atoms with Gasteiger partial charge in [0.2, 0.25) is 0 Å². The van der Waals surface area contributed by atoms with E-state index in [0.717, 1.165) is 56.3 Å². The fraction of sp³-hybridized carbons (Fsp3) is 0.0196. The number of para-hydroxylation sites is 4. The molecule has 5 heterocycles. The van der Waals surface area contributed by atoms with Crippen molar-refractivity contribution in [2.45, 2.75) is 0 Å². The van der Waals surface area contributed by atoms with Crippen LogP contribution < -0.4 is 9.30 Å². The summed E-state index contributed by atoms with van der Waals surface area (Å²) in [5.74, 6) is 2.31. The molecule has 7 heteroatoms. The number of hydrogen-bond acceptors (Lipinski definition) is 2. The summed E-state index contributed by atoms with van der Waals surface area (Å²) >= 11 is 0. The van der Waals surface area contributed by atoms with Gasteiger partial charge < -0.3 is 13.9 Å². The van der Waals surface area contributed by atoms with E-state index in [1.54, 1.807) is 0 Å². The van der Waals surface area contributed by atoms with Gasteiger partial charge in [0, 0.05) is 75.2 Å². The van der Waals surface area contributed by atoms with Crippen molar-refractivity contribution >= 4 is 65.4 Å². The molecule has 0 fully saturated rings. The van der Waals surface area contributed by atoms with Gasteiger partial charge in [-0.05, 0) is 78.9 Å². The Kier molecular flexibility index (Phi) is 7.01. The molecule has 58 heavy (non-hydrogen) atoms. The number of fused-ring (bicyclic) bond motifs is 12. The van der Waals surface area contributed by atoms with Gasteiger partial charge in [-0.25, -0.2) is 4.98 Å². The maximum absolute atomic E-state index is 6.73. The summed E-state index contributed by atoms with van der Waals surface area (Å²) in [5, 5.41) is 7.11. The standard InChI is InChI=1S/C51H34N6O/c1-53-42-23-10-8-21-39(42)48-49-46(47-40-22-9-11-24-43(40)56(51(47)50(48)53)35-17-6-3-7-18-35)41-27-26-38(32-44(41)57(49)45-25-12-13-28-52-45)58-37-20-14-19-36(31-37)55-30-29-54(33-55)34-15-4-2-5-16-34/h2-32H,1H3. The molecule has 12 aromatic rings. The van der Waals surface area contributed by atoms with Gasteiger partial charge in [-0.15, -0.1) is 0 Å². The molecular formula is C51H34N6O. The number of pyridine rings is 1. The van der Waals surface area contributed by atoms with Crippen molar-refractivity contribution in [2.24, 2.45) is 7.05 Å². The lowest BCUT2D eigenvalue weighted by Gasteiger charge is -2.12. The first-order chi connectivity index (χ1) is 28.7. The topological polar surface area (TPSA) is 45.7 Å². The van der Waals surface area contributed by atoms with E-state index in [1.807, 2.05) is 70.2 Å². The van der Waals surface area contributed by atoms with E-state index >= 15 is 0 Å². The van der Waals surface area contributed by atoms with Gasteiger partial charge in [-0.3, -0.25) is 13.7 Å². The Labute approximate surface area is 333 Å². The Morgan fingerprint density at radius 2 is 1.19 bits per heavy atom. The molecule has 274 valence electrons. The van der Waals surface area contributed by atoms with Crippen LogP contribution in [-0.4, -0.2) is 23.3 Å². The van der Waals surface area contributed by atoms with Gasteiger partial charge >= 0.3 is 0 Å². The quantitative estimate of drug-likeness (QED) is 0.126. The van der Waals surface area contributed by atoms with Crippen molar-refractivity contribution in [1.29, 1.82) is 0 Å². The van der Waals surface area contributed by atoms with Crippen LogP contribution >= 0.6 is 0 Å². The molecule has 5 aromatic heterocycles. The van der Waals surface area contributed by atoms with Crippen molar-refractivity contribution in [3.05, 3.63) is 195 Å². The molecule has 0 saturated carbocycles. The third-order valence-electron chi connectivity index (χ3n) is 11.5. The molecule has 0 bridgehead atoms. The van der Waals surface area contributed by atoms with Gasteiger partial charge in [0.25, 0.3) is 6.33 Å². The summed E-state index contributed by atoms with van der Waals surface area (Å²) < 4.78 is 17.9. The van der Waals surface area contributed by atoms with Crippen molar-refractivity contribution < 1.29 is 9.30 Å². The fourth-order valence-corrected chi connectivity index (χ4v) is 9.04. The number of ether oxygens (including phenoxy) is 1. The maximum Gasteiger partial charge on any atom is 0.268 e. The number of aryl methyl sites for hydroxylation is 1. The lowest BCUT2D eigenvalue weighted by Crippen LogP contribution is -2.28. The smallest absolute Gasteiger partial charge is 0.268 e. The minimum Gasteiger partial charge on any atom is -0.458 e. The summed E-state index contributed by atoms with van der Waals surface area (Å²) in [6, 6.07) is 59.2. The summed E-state index contributed by atoms with van der Waals surface area (Å²) in [4.78, 5) is 4.99. The number of imidazole rings is 1. The number of benzene rings is 7. The average molecular weight is 747 g/mol. The molecule has 0 aliphatic heterocycles. The van der Waals surface area contributed by atoms with Gasteiger partial charge in [-0.1, -0.05) is 84.9 Å². The van der Waals surface area contributed by atoms with Crippen LogP contribution in [0.5, 0.6) is 11.5 Å². The molecule has 7 aromatic carbocycles. The second-order valence-electron chi connectivity index (χ2n) is 14.7. The molecule has 0 unspecified atom stereocenters. The first-order valence-electron chi connectivity index (χ1n) is 19.4. The maximum atomic E-state index is 6.73. The zero-order valence-corrected chi connectivity index (χ0v) is 31.5. The first kappa shape index (κ1) is 32.4. The van der Waals surface area contributed by atoms with Crippen molar-refractivity contribution in [3.63, 3.8) is 0 Å². The second kappa shape index (κ2) is 12.6. The number of rotatable bonds is 6. The van der Waals surface area contributed by atoms with E-state index in [9.17, 15) is 0 Å². The highest BCUT2D eigenvalue weighted by Crippen LogP contribution is 2.49. The van der Waals surface area contributed by atoms with Gasteiger partial charge in [0.05, 0.1) is 39.0 Å². The van der Waals surface area contributed by atoms with E-state index < -0.39 is 0 Å². The average Bonchev–Trinajstić information content (AvgIpc) is 4.05. The third-order valence-corrected chi connectivity index (χ3v) is 11.5. The minimum atomic E-state index is 0.732. The predicted octanol–water partition coefficient (Wildman–Crippen LogP) is 11.6. The van der Waals surface area contributed by atoms with Crippen LogP contribution in [-0.2, 0) is 7.05 Å². The minimum absolute atomic E-state index is 0.732. The lowest BCUT2D eigenvalue weighted by molar-refractivity contribution is -0.599. The normalized spacial score (nSPS) is 11.9. The summed E-state index contributed by atoms with van der Waals surface area (Å²) in [6.07, 6.45) is 9.32. The van der Waals surface area contributed by atoms with Crippen LogP contribution in [0, 0.1) is 6.33 Å². The predicted molar refractivity (Wildman–Crippen MR) is 233 cm³/mol. The first-order valence-corrected chi connectivity index (χ1v) is 19.4. The van der Waals surface area contributed by atoms with Gasteiger partial charge in [-0.2, -0.15) is 0 Å². The summed E-state index contributed by atoms with van der Waals surface area (Å²) in [7, 11) is 2.20. The van der Waals surface area contributed by atoms with E-state index in [2.05, 4.69) is 154 Å². The molecule has 0 aliphatic carbocycles. The monoisotopic (exact) mass is 746 g/mol. The van der Waals surface area contributed by atoms with Crippen LogP contribution in [0.3, 0.4) is 0 Å². The second-order valence-corrected chi connectivity index (χ2v) is 14.7. The van der Waals surface area contributed by atoms with E-state index in [4.69, 9.17) is 9.72 Å². The van der Waals surface area contributed by atoms with E-state index in [-0.39, 0.29) is 0 Å². The Morgan fingerprint density at radius 3 is 1.98 bits per heavy atom. The molecule has 0 aliphatic rings. The SMILES string of the molecule is Cn1c2ccccc2c2c1c1c(c3ccccc3n1-c1ccccc1)c1c3ccc(Oc4cccc(-[n+]5[c-]n(-c6ccccc6)cc5)c4)cc3n(-c3ccccn3)c12. The molecule has 0 N–H and O–H groups in total. The Morgan fingerprint density at radius 1 is 0.517 bits per heavy atom. The van der Waals surface area contributed by atoms with Crippen molar-refractivity contribution in [1.82, 2.24) is 23.3 Å². The highest BCUT2D eigenvalue weighted by molar-refractivity contribution is 6.40. The lowest BCUT2D eigenvalue weighted by atomic mass is 10.0. The highest BCUT2D eigenvalue weighted by atomic mass is 16.5.